The summed E-state index contributed by atoms with van der Waals surface area (Å²) < 4.78 is 5.41. The summed E-state index contributed by atoms with van der Waals surface area (Å²) >= 11 is 0. The number of hydrogen-bond donors (Lipinski definition) is 1. The third-order valence-corrected chi connectivity index (χ3v) is 2.56. The smallest absolute Gasteiger partial charge is 0.125 e. The zero-order valence-electron chi connectivity index (χ0n) is 9.66. The van der Waals surface area contributed by atoms with Crippen LogP contribution in [0.2, 0.25) is 0 Å². The lowest BCUT2D eigenvalue weighted by atomic mass is 9.93. The van der Waals surface area contributed by atoms with Gasteiger partial charge in [-0.25, -0.2) is 0 Å². The predicted octanol–water partition coefficient (Wildman–Crippen LogP) is 2.73. The normalized spacial score (nSPS) is 12.9. The Balaban J connectivity index is 3.22. The van der Waals surface area contributed by atoms with Crippen molar-refractivity contribution >= 4 is 0 Å². The number of hydrogen-bond acceptors (Lipinski definition) is 2. The van der Waals surface area contributed by atoms with Crippen LogP contribution in [0.25, 0.3) is 0 Å². The van der Waals surface area contributed by atoms with Crippen LogP contribution in [0.15, 0.2) is 18.2 Å². The molecule has 1 unspecified atom stereocenters. The first-order valence-electron chi connectivity index (χ1n) is 5.22. The maximum atomic E-state index is 9.12. The van der Waals surface area contributed by atoms with Crippen LogP contribution in [0.5, 0.6) is 5.75 Å². The summed E-state index contributed by atoms with van der Waals surface area (Å²) in [6, 6.07) is 6.00. The summed E-state index contributed by atoms with van der Waals surface area (Å²) in [5, 5.41) is 9.12. The van der Waals surface area contributed by atoms with Crippen molar-refractivity contribution in [2.45, 2.75) is 25.7 Å². The molecule has 2 heteroatoms. The fraction of sp³-hybridized carbons (Fsp3) is 0.462. The minimum absolute atomic E-state index is 0.0396. The highest BCUT2D eigenvalue weighted by Gasteiger charge is 2.15. The van der Waals surface area contributed by atoms with E-state index in [1.54, 1.807) is 7.11 Å². The van der Waals surface area contributed by atoms with E-state index in [0.29, 0.717) is 5.92 Å². The number of aliphatic hydroxyl groups is 1. The first-order valence-corrected chi connectivity index (χ1v) is 5.22. The van der Waals surface area contributed by atoms with Crippen LogP contribution >= 0.6 is 0 Å². The van der Waals surface area contributed by atoms with Crippen LogP contribution in [0.3, 0.4) is 0 Å². The molecule has 0 amide bonds. The molecule has 0 spiro atoms. The summed E-state index contributed by atoms with van der Waals surface area (Å²) in [6.45, 7) is 8.19. The number of rotatable bonds is 4. The third kappa shape index (κ3) is 2.51. The number of aliphatic hydroxyl groups excluding tert-OH is 1. The highest BCUT2D eigenvalue weighted by Crippen LogP contribution is 2.33. The lowest BCUT2D eigenvalue weighted by Crippen LogP contribution is -2.05. The van der Waals surface area contributed by atoms with Crippen LogP contribution in [0, 0.1) is 6.92 Å². The van der Waals surface area contributed by atoms with E-state index in [9.17, 15) is 0 Å². The SMILES string of the molecule is [CH2]C(CO)c1cccc(C(C)C)c1OC. The fourth-order valence-corrected chi connectivity index (χ4v) is 1.68. The monoisotopic (exact) mass is 207 g/mol. The van der Waals surface area contributed by atoms with Crippen LogP contribution in [-0.2, 0) is 0 Å². The standard InChI is InChI=1S/C13H19O2/c1-9(2)11-6-5-7-12(10(3)8-14)13(11)15-4/h5-7,9-10,14H,3,8H2,1-2,4H3. The molecule has 1 rings (SSSR count). The average Bonchev–Trinajstić information content (AvgIpc) is 2.26. The topological polar surface area (TPSA) is 29.5 Å². The molecule has 0 aliphatic rings. The molecule has 0 aromatic heterocycles. The molecule has 0 aliphatic heterocycles. The Morgan fingerprint density at radius 2 is 1.93 bits per heavy atom. The van der Waals surface area contributed by atoms with E-state index >= 15 is 0 Å². The molecular weight excluding hydrogens is 188 g/mol. The number of methoxy groups -OCH3 is 1. The average molecular weight is 207 g/mol. The Morgan fingerprint density at radius 3 is 2.40 bits per heavy atom. The van der Waals surface area contributed by atoms with Gasteiger partial charge in [0.1, 0.15) is 5.75 Å². The van der Waals surface area contributed by atoms with Gasteiger partial charge in [-0.05, 0) is 24.0 Å². The largest absolute Gasteiger partial charge is 0.496 e. The van der Waals surface area contributed by atoms with Crippen molar-refractivity contribution in [3.63, 3.8) is 0 Å². The summed E-state index contributed by atoms with van der Waals surface area (Å²) in [7, 11) is 1.66. The second-order valence-corrected chi connectivity index (χ2v) is 4.00. The van der Waals surface area contributed by atoms with Gasteiger partial charge >= 0.3 is 0 Å². The van der Waals surface area contributed by atoms with Crippen molar-refractivity contribution in [1.82, 2.24) is 0 Å². The summed E-state index contributed by atoms with van der Waals surface area (Å²) in [5.74, 6) is 1.14. The van der Waals surface area contributed by atoms with Crippen LogP contribution in [0.1, 0.15) is 36.8 Å². The predicted molar refractivity (Wildman–Crippen MR) is 62.3 cm³/mol. The van der Waals surface area contributed by atoms with Gasteiger partial charge in [0.05, 0.1) is 13.7 Å². The minimum Gasteiger partial charge on any atom is -0.496 e. The van der Waals surface area contributed by atoms with E-state index in [4.69, 9.17) is 9.84 Å². The van der Waals surface area contributed by atoms with Crippen LogP contribution < -0.4 is 4.74 Å². The van der Waals surface area contributed by atoms with Crippen LogP contribution in [0.4, 0.5) is 0 Å². The molecule has 2 nitrogen and oxygen atoms in total. The molecule has 0 fully saturated rings. The Morgan fingerprint density at radius 1 is 1.33 bits per heavy atom. The van der Waals surface area contributed by atoms with Crippen molar-refractivity contribution in [2.75, 3.05) is 13.7 Å². The lowest BCUT2D eigenvalue weighted by molar-refractivity contribution is 0.279. The maximum Gasteiger partial charge on any atom is 0.125 e. The summed E-state index contributed by atoms with van der Waals surface area (Å²) in [4.78, 5) is 0. The first kappa shape index (κ1) is 12.1. The first-order chi connectivity index (χ1) is 7.11. The molecule has 0 aliphatic carbocycles. The second-order valence-electron chi connectivity index (χ2n) is 4.00. The quantitative estimate of drug-likeness (QED) is 0.822. The molecule has 15 heavy (non-hydrogen) atoms. The lowest BCUT2D eigenvalue weighted by Gasteiger charge is -2.18. The van der Waals surface area contributed by atoms with Crippen molar-refractivity contribution < 1.29 is 9.84 Å². The summed E-state index contributed by atoms with van der Waals surface area (Å²) in [6.07, 6.45) is 0. The molecule has 1 aromatic carbocycles. The third-order valence-electron chi connectivity index (χ3n) is 2.56. The van der Waals surface area contributed by atoms with Crippen LogP contribution in [-0.4, -0.2) is 18.8 Å². The van der Waals surface area contributed by atoms with Crippen molar-refractivity contribution in [3.05, 3.63) is 36.2 Å². The minimum atomic E-state index is -0.126. The number of benzene rings is 1. The van der Waals surface area contributed by atoms with E-state index < -0.39 is 0 Å². The second kappa shape index (κ2) is 5.17. The Bertz CT molecular complexity index is 318. The van der Waals surface area contributed by atoms with Crippen molar-refractivity contribution in [2.24, 2.45) is 0 Å². The Labute approximate surface area is 91.9 Å². The molecule has 1 aromatic rings. The molecule has 1 atom stereocenters. The van der Waals surface area contributed by atoms with Gasteiger partial charge in [-0.1, -0.05) is 32.0 Å². The zero-order chi connectivity index (χ0) is 11.4. The zero-order valence-corrected chi connectivity index (χ0v) is 9.66. The Kier molecular flexibility index (Phi) is 4.15. The number of ether oxygens (including phenoxy) is 1. The van der Waals surface area contributed by atoms with Gasteiger partial charge in [-0.2, -0.15) is 0 Å². The van der Waals surface area contributed by atoms with E-state index in [1.165, 1.54) is 0 Å². The molecule has 1 N–H and O–H groups in total. The van der Waals surface area contributed by atoms with E-state index in [1.807, 2.05) is 12.1 Å². The van der Waals surface area contributed by atoms with Gasteiger partial charge in [-0.3, -0.25) is 0 Å². The molecule has 0 heterocycles. The Hall–Kier alpha value is -1.02. The van der Waals surface area contributed by atoms with Crippen molar-refractivity contribution in [1.29, 1.82) is 0 Å². The molecule has 0 saturated carbocycles. The van der Waals surface area contributed by atoms with Crippen molar-refractivity contribution in [3.8, 4) is 5.75 Å². The molecule has 0 saturated heterocycles. The molecule has 83 valence electrons. The maximum absolute atomic E-state index is 9.12. The molecule has 0 bridgehead atoms. The van der Waals surface area contributed by atoms with Gasteiger partial charge in [0.25, 0.3) is 0 Å². The fourth-order valence-electron chi connectivity index (χ4n) is 1.68. The number of para-hydroxylation sites is 1. The van der Waals surface area contributed by atoms with E-state index in [2.05, 4.69) is 26.8 Å². The highest BCUT2D eigenvalue weighted by molar-refractivity contribution is 5.45. The highest BCUT2D eigenvalue weighted by atomic mass is 16.5. The van der Waals surface area contributed by atoms with Gasteiger partial charge in [0, 0.05) is 5.92 Å². The van der Waals surface area contributed by atoms with Gasteiger partial charge in [0.15, 0.2) is 0 Å². The van der Waals surface area contributed by atoms with E-state index in [0.717, 1.165) is 16.9 Å². The van der Waals surface area contributed by atoms with Gasteiger partial charge in [-0.15, -0.1) is 0 Å². The molecule has 1 radical (unpaired) electrons. The van der Waals surface area contributed by atoms with Gasteiger partial charge < -0.3 is 9.84 Å². The van der Waals surface area contributed by atoms with E-state index in [-0.39, 0.29) is 12.5 Å². The summed E-state index contributed by atoms with van der Waals surface area (Å²) in [5.41, 5.74) is 2.14. The molecular formula is C13H19O2. The van der Waals surface area contributed by atoms with Gasteiger partial charge in [0.2, 0.25) is 0 Å².